The Morgan fingerprint density at radius 2 is 1.43 bits per heavy atom. The summed E-state index contributed by atoms with van der Waals surface area (Å²) in [5.74, 6) is 1.08. The molecule has 0 aromatic heterocycles. The molecular formula is C19H22O4. The Labute approximate surface area is 136 Å². The fourth-order valence-corrected chi connectivity index (χ4v) is 1.88. The van der Waals surface area contributed by atoms with E-state index in [9.17, 15) is 9.59 Å². The van der Waals surface area contributed by atoms with Gasteiger partial charge in [0.15, 0.2) is 11.6 Å². The quantitative estimate of drug-likeness (QED) is 0.837. The van der Waals surface area contributed by atoms with Crippen molar-refractivity contribution in [2.24, 2.45) is 0 Å². The maximum absolute atomic E-state index is 11.2. The molecule has 0 unspecified atom stereocenters. The summed E-state index contributed by atoms with van der Waals surface area (Å²) in [6.45, 7) is 3.65. The van der Waals surface area contributed by atoms with Gasteiger partial charge < -0.3 is 9.84 Å². The minimum atomic E-state index is 0.0564. The number of carbonyl (C=O) groups excluding carboxylic acids is 2. The second-order valence-corrected chi connectivity index (χ2v) is 4.84. The second-order valence-electron chi connectivity index (χ2n) is 4.84. The van der Waals surface area contributed by atoms with E-state index >= 15 is 0 Å². The average Bonchev–Trinajstić information content (AvgIpc) is 2.60. The summed E-state index contributed by atoms with van der Waals surface area (Å²) in [7, 11) is 1.59. The number of ether oxygens (including phenoxy) is 1. The lowest BCUT2D eigenvalue weighted by molar-refractivity contribution is 0.0980. The lowest BCUT2D eigenvalue weighted by Crippen LogP contribution is -1.96. The summed E-state index contributed by atoms with van der Waals surface area (Å²) in [6, 6.07) is 13.6. The molecule has 2 aromatic carbocycles. The molecule has 1 N–H and O–H groups in total. The van der Waals surface area contributed by atoms with Crippen LogP contribution in [0.4, 0.5) is 0 Å². The highest BCUT2D eigenvalue weighted by Crippen LogP contribution is 2.13. The van der Waals surface area contributed by atoms with Crippen molar-refractivity contribution in [2.75, 3.05) is 7.11 Å². The standard InChI is InChI=1S/C10H12O2.C9H10O2/c1-3-10(11)8-5-4-6-9(7-8)12-2;1-2-9(11)7-4-3-5-8(10)6-7/h4-7H,3H2,1-2H3;3-6,10H,2H2,1H3. The van der Waals surface area contributed by atoms with E-state index < -0.39 is 0 Å². The monoisotopic (exact) mass is 314 g/mol. The van der Waals surface area contributed by atoms with Crippen LogP contribution in [0.3, 0.4) is 0 Å². The van der Waals surface area contributed by atoms with Crippen molar-refractivity contribution >= 4 is 11.6 Å². The largest absolute Gasteiger partial charge is 0.508 e. The van der Waals surface area contributed by atoms with Gasteiger partial charge in [-0.2, -0.15) is 0 Å². The zero-order valence-corrected chi connectivity index (χ0v) is 13.7. The fraction of sp³-hybridized carbons (Fsp3) is 0.263. The Balaban J connectivity index is 0.000000231. The van der Waals surface area contributed by atoms with Crippen LogP contribution in [0.15, 0.2) is 48.5 Å². The van der Waals surface area contributed by atoms with E-state index in [4.69, 9.17) is 9.84 Å². The molecule has 0 aliphatic rings. The van der Waals surface area contributed by atoms with Crippen molar-refractivity contribution < 1.29 is 19.4 Å². The summed E-state index contributed by atoms with van der Waals surface area (Å²) in [6.07, 6.45) is 1.01. The number of methoxy groups -OCH3 is 1. The van der Waals surface area contributed by atoms with Gasteiger partial charge >= 0.3 is 0 Å². The fourth-order valence-electron chi connectivity index (χ4n) is 1.88. The van der Waals surface area contributed by atoms with E-state index in [1.807, 2.05) is 19.1 Å². The number of ketones is 2. The number of phenols is 1. The lowest BCUT2D eigenvalue weighted by Gasteiger charge is -2.01. The number of benzene rings is 2. The molecule has 0 amide bonds. The first-order chi connectivity index (χ1) is 11.0. The highest BCUT2D eigenvalue weighted by atomic mass is 16.5. The molecule has 0 heterocycles. The molecule has 0 saturated heterocycles. The average molecular weight is 314 g/mol. The topological polar surface area (TPSA) is 63.6 Å². The zero-order chi connectivity index (χ0) is 17.2. The van der Waals surface area contributed by atoms with E-state index in [0.717, 1.165) is 11.3 Å². The normalized spacial score (nSPS) is 9.52. The van der Waals surface area contributed by atoms with Crippen LogP contribution in [0.25, 0.3) is 0 Å². The molecule has 0 radical (unpaired) electrons. The molecule has 122 valence electrons. The number of aromatic hydroxyl groups is 1. The van der Waals surface area contributed by atoms with Gasteiger partial charge in [-0.1, -0.05) is 38.1 Å². The van der Waals surface area contributed by atoms with Crippen molar-refractivity contribution in [1.82, 2.24) is 0 Å². The van der Waals surface area contributed by atoms with Gasteiger partial charge in [-0.05, 0) is 24.3 Å². The van der Waals surface area contributed by atoms with Crippen LogP contribution < -0.4 is 4.74 Å². The molecule has 0 atom stereocenters. The minimum Gasteiger partial charge on any atom is -0.508 e. The van der Waals surface area contributed by atoms with Crippen LogP contribution in [0.2, 0.25) is 0 Å². The van der Waals surface area contributed by atoms with E-state index in [1.165, 1.54) is 6.07 Å². The molecule has 4 heteroatoms. The Hall–Kier alpha value is -2.62. The van der Waals surface area contributed by atoms with Gasteiger partial charge in [-0.15, -0.1) is 0 Å². The van der Waals surface area contributed by atoms with Crippen molar-refractivity contribution in [3.05, 3.63) is 59.7 Å². The van der Waals surface area contributed by atoms with Crippen molar-refractivity contribution in [1.29, 1.82) is 0 Å². The van der Waals surface area contributed by atoms with Gasteiger partial charge in [-0.3, -0.25) is 9.59 Å². The summed E-state index contributed by atoms with van der Waals surface area (Å²) in [5, 5.41) is 9.01. The Morgan fingerprint density at radius 1 is 0.913 bits per heavy atom. The van der Waals surface area contributed by atoms with Crippen LogP contribution in [-0.4, -0.2) is 23.8 Å². The SMILES string of the molecule is CCC(=O)c1cccc(O)c1.CCC(=O)c1cccc(OC)c1. The summed E-state index contributed by atoms with van der Waals surface area (Å²) in [5.41, 5.74) is 1.30. The Bertz CT molecular complexity index is 662. The van der Waals surface area contributed by atoms with Gasteiger partial charge in [0.25, 0.3) is 0 Å². The second kappa shape index (κ2) is 9.41. The Kier molecular flexibility index (Phi) is 7.54. The number of rotatable bonds is 5. The van der Waals surface area contributed by atoms with Crippen LogP contribution >= 0.6 is 0 Å². The molecule has 0 saturated carbocycles. The van der Waals surface area contributed by atoms with Gasteiger partial charge in [-0.25, -0.2) is 0 Å². The number of Topliss-reactive ketones (excluding diaryl/α,β-unsaturated/α-hetero) is 2. The molecule has 0 spiro atoms. The number of hydrogen-bond acceptors (Lipinski definition) is 4. The maximum atomic E-state index is 11.2. The van der Waals surface area contributed by atoms with Gasteiger partial charge in [0, 0.05) is 24.0 Å². The van der Waals surface area contributed by atoms with Crippen LogP contribution in [0.5, 0.6) is 11.5 Å². The van der Waals surface area contributed by atoms with Crippen molar-refractivity contribution in [3.8, 4) is 11.5 Å². The molecule has 0 fully saturated rings. The molecule has 0 aliphatic heterocycles. The van der Waals surface area contributed by atoms with Crippen LogP contribution in [-0.2, 0) is 0 Å². The predicted molar refractivity (Wildman–Crippen MR) is 90.3 cm³/mol. The minimum absolute atomic E-state index is 0.0564. The zero-order valence-electron chi connectivity index (χ0n) is 13.7. The smallest absolute Gasteiger partial charge is 0.162 e. The number of hydrogen-bond donors (Lipinski definition) is 1. The molecule has 23 heavy (non-hydrogen) atoms. The number of carbonyl (C=O) groups is 2. The van der Waals surface area contributed by atoms with E-state index in [1.54, 1.807) is 44.4 Å². The van der Waals surface area contributed by atoms with Gasteiger partial charge in [0.05, 0.1) is 7.11 Å². The van der Waals surface area contributed by atoms with Crippen LogP contribution in [0.1, 0.15) is 47.4 Å². The summed E-state index contributed by atoms with van der Waals surface area (Å²) < 4.78 is 5.00. The lowest BCUT2D eigenvalue weighted by atomic mass is 10.1. The maximum Gasteiger partial charge on any atom is 0.162 e. The highest BCUT2D eigenvalue weighted by Gasteiger charge is 2.03. The predicted octanol–water partition coefficient (Wildman–Crippen LogP) is 4.27. The third-order valence-corrected chi connectivity index (χ3v) is 3.20. The molecule has 0 bridgehead atoms. The third kappa shape index (κ3) is 5.94. The van der Waals surface area contributed by atoms with Crippen LogP contribution in [0, 0.1) is 0 Å². The summed E-state index contributed by atoms with van der Waals surface area (Å²) >= 11 is 0. The first-order valence-electron chi connectivity index (χ1n) is 7.51. The van der Waals surface area contributed by atoms with Crippen molar-refractivity contribution in [3.63, 3.8) is 0 Å². The summed E-state index contributed by atoms with van der Waals surface area (Å²) in [4.78, 5) is 22.3. The van der Waals surface area contributed by atoms with Gasteiger partial charge in [0.1, 0.15) is 11.5 Å². The van der Waals surface area contributed by atoms with E-state index in [0.29, 0.717) is 18.4 Å². The van der Waals surface area contributed by atoms with Gasteiger partial charge in [0.2, 0.25) is 0 Å². The highest BCUT2D eigenvalue weighted by molar-refractivity contribution is 5.96. The van der Waals surface area contributed by atoms with E-state index in [2.05, 4.69) is 0 Å². The van der Waals surface area contributed by atoms with E-state index in [-0.39, 0.29) is 17.3 Å². The third-order valence-electron chi connectivity index (χ3n) is 3.20. The molecule has 4 nitrogen and oxygen atoms in total. The van der Waals surface area contributed by atoms with Crippen molar-refractivity contribution in [2.45, 2.75) is 26.7 Å². The first-order valence-corrected chi connectivity index (χ1v) is 7.51. The molecular weight excluding hydrogens is 292 g/mol. The number of phenolic OH excluding ortho intramolecular Hbond substituents is 1. The molecule has 2 aromatic rings. The Morgan fingerprint density at radius 3 is 1.91 bits per heavy atom. The first kappa shape index (κ1) is 18.4. The molecule has 0 aliphatic carbocycles. The molecule has 2 rings (SSSR count).